The van der Waals surface area contributed by atoms with Gasteiger partial charge in [-0.2, -0.15) is 0 Å². The predicted molar refractivity (Wildman–Crippen MR) is 63.9 cm³/mol. The van der Waals surface area contributed by atoms with Crippen LogP contribution in [0.5, 0.6) is 0 Å². The Balaban J connectivity index is 3.05. The van der Waals surface area contributed by atoms with E-state index in [0.29, 0.717) is 0 Å². The van der Waals surface area contributed by atoms with Crippen LogP contribution in [0.25, 0.3) is 5.57 Å². The Kier molecular flexibility index (Phi) is 3.99. The molecule has 0 spiro atoms. The number of hydrogen-bond acceptors (Lipinski definition) is 1. The van der Waals surface area contributed by atoms with Crippen LogP contribution in [0.4, 0.5) is 5.69 Å². The van der Waals surface area contributed by atoms with Crippen molar-refractivity contribution in [1.82, 2.24) is 0 Å². The quantitative estimate of drug-likeness (QED) is 0.567. The first-order chi connectivity index (χ1) is 6.77. The zero-order valence-corrected chi connectivity index (χ0v) is 8.83. The molecule has 0 bridgehead atoms. The Labute approximate surface area is 85.9 Å². The van der Waals surface area contributed by atoms with E-state index in [0.717, 1.165) is 12.1 Å². The van der Waals surface area contributed by atoms with Gasteiger partial charge in [0.1, 0.15) is 0 Å². The highest BCUT2D eigenvalue weighted by atomic mass is 14.5. The van der Waals surface area contributed by atoms with Gasteiger partial charge in [-0.1, -0.05) is 37.3 Å². The molecule has 0 fully saturated rings. The predicted octanol–water partition coefficient (Wildman–Crippen LogP) is 3.64. The Morgan fingerprint density at radius 3 is 2.79 bits per heavy atom. The van der Waals surface area contributed by atoms with Crippen LogP contribution in [0.2, 0.25) is 0 Å². The minimum absolute atomic E-state index is 0.814. The van der Waals surface area contributed by atoms with Gasteiger partial charge in [-0.15, -0.1) is 0 Å². The molecule has 1 aromatic carbocycles. The normalized spacial score (nSPS) is 12.3. The lowest BCUT2D eigenvalue weighted by atomic mass is 10.0. The zero-order valence-electron chi connectivity index (χ0n) is 8.83. The molecule has 1 nitrogen and oxygen atoms in total. The van der Waals surface area contributed by atoms with Gasteiger partial charge in [-0.25, -0.2) is 0 Å². The highest BCUT2D eigenvalue weighted by Gasteiger charge is 1.96. The third kappa shape index (κ3) is 2.77. The summed E-state index contributed by atoms with van der Waals surface area (Å²) in [7, 11) is 0. The van der Waals surface area contributed by atoms with E-state index < -0.39 is 0 Å². The first-order valence-electron chi connectivity index (χ1n) is 4.96. The summed E-state index contributed by atoms with van der Waals surface area (Å²) >= 11 is 0. The SMILES string of the molecule is C/C=C\C(=C/CC)c1cccc(N)c1. The summed E-state index contributed by atoms with van der Waals surface area (Å²) in [4.78, 5) is 0. The van der Waals surface area contributed by atoms with Crippen molar-refractivity contribution in [2.75, 3.05) is 5.73 Å². The van der Waals surface area contributed by atoms with Gasteiger partial charge >= 0.3 is 0 Å². The van der Waals surface area contributed by atoms with Gasteiger partial charge in [-0.05, 0) is 36.6 Å². The molecule has 0 radical (unpaired) electrons. The third-order valence-electron chi connectivity index (χ3n) is 1.99. The van der Waals surface area contributed by atoms with Crippen molar-refractivity contribution in [3.8, 4) is 0 Å². The fourth-order valence-electron chi connectivity index (χ4n) is 1.40. The molecular formula is C13H17N. The number of rotatable bonds is 3. The van der Waals surface area contributed by atoms with Gasteiger partial charge in [0, 0.05) is 5.69 Å². The van der Waals surface area contributed by atoms with E-state index in [-0.39, 0.29) is 0 Å². The van der Waals surface area contributed by atoms with E-state index in [1.807, 2.05) is 31.2 Å². The standard InChI is InChI=1S/C13H17N/c1-3-6-11(7-4-2)12-8-5-9-13(14)10-12/h3,5-10H,4,14H2,1-2H3/b6-3-,11-7+. The fourth-order valence-corrected chi connectivity index (χ4v) is 1.40. The average molecular weight is 187 g/mol. The summed E-state index contributed by atoms with van der Waals surface area (Å²) in [5, 5.41) is 0. The molecule has 2 N–H and O–H groups in total. The Morgan fingerprint density at radius 2 is 2.21 bits per heavy atom. The van der Waals surface area contributed by atoms with Crippen molar-refractivity contribution in [3.05, 3.63) is 48.1 Å². The second-order valence-corrected chi connectivity index (χ2v) is 3.19. The summed E-state index contributed by atoms with van der Waals surface area (Å²) < 4.78 is 0. The maximum atomic E-state index is 5.74. The van der Waals surface area contributed by atoms with E-state index in [2.05, 4.69) is 25.1 Å². The maximum Gasteiger partial charge on any atom is 0.0320 e. The summed E-state index contributed by atoms with van der Waals surface area (Å²) in [6.07, 6.45) is 7.40. The number of benzene rings is 1. The second-order valence-electron chi connectivity index (χ2n) is 3.19. The smallest absolute Gasteiger partial charge is 0.0320 e. The molecule has 0 unspecified atom stereocenters. The van der Waals surface area contributed by atoms with Crippen LogP contribution in [0.15, 0.2) is 42.5 Å². The van der Waals surface area contributed by atoms with E-state index in [1.165, 1.54) is 11.1 Å². The molecule has 1 aromatic rings. The van der Waals surface area contributed by atoms with Crippen LogP contribution in [-0.4, -0.2) is 0 Å². The Bertz CT molecular complexity index is 348. The molecule has 0 aliphatic heterocycles. The lowest BCUT2D eigenvalue weighted by Crippen LogP contribution is -1.87. The van der Waals surface area contributed by atoms with Crippen LogP contribution in [0.3, 0.4) is 0 Å². The van der Waals surface area contributed by atoms with Crippen molar-refractivity contribution in [1.29, 1.82) is 0 Å². The summed E-state index contributed by atoms with van der Waals surface area (Å²) in [5.41, 5.74) is 8.97. The number of nitrogen functional groups attached to an aromatic ring is 1. The molecule has 74 valence electrons. The lowest BCUT2D eigenvalue weighted by molar-refractivity contribution is 1.23. The second kappa shape index (κ2) is 5.28. The topological polar surface area (TPSA) is 26.0 Å². The van der Waals surface area contributed by atoms with Gasteiger partial charge in [0.25, 0.3) is 0 Å². The Morgan fingerprint density at radius 1 is 1.43 bits per heavy atom. The van der Waals surface area contributed by atoms with E-state index in [4.69, 9.17) is 5.73 Å². The molecule has 0 aliphatic carbocycles. The highest BCUT2D eigenvalue weighted by Crippen LogP contribution is 2.18. The van der Waals surface area contributed by atoms with Crippen LogP contribution in [0.1, 0.15) is 25.8 Å². The maximum absolute atomic E-state index is 5.74. The molecule has 0 heterocycles. The highest BCUT2D eigenvalue weighted by molar-refractivity contribution is 5.75. The van der Waals surface area contributed by atoms with Crippen molar-refractivity contribution >= 4 is 11.3 Å². The molecule has 0 amide bonds. The third-order valence-corrected chi connectivity index (χ3v) is 1.99. The minimum Gasteiger partial charge on any atom is -0.399 e. The summed E-state index contributed by atoms with van der Waals surface area (Å²) in [6, 6.07) is 7.97. The molecule has 0 aromatic heterocycles. The largest absolute Gasteiger partial charge is 0.399 e. The van der Waals surface area contributed by atoms with Gasteiger partial charge in [0.15, 0.2) is 0 Å². The molecule has 14 heavy (non-hydrogen) atoms. The average Bonchev–Trinajstić information content (AvgIpc) is 2.17. The van der Waals surface area contributed by atoms with E-state index >= 15 is 0 Å². The Hall–Kier alpha value is -1.50. The first-order valence-corrected chi connectivity index (χ1v) is 4.96. The van der Waals surface area contributed by atoms with Crippen molar-refractivity contribution in [2.45, 2.75) is 20.3 Å². The van der Waals surface area contributed by atoms with Crippen molar-refractivity contribution in [2.24, 2.45) is 0 Å². The lowest BCUT2D eigenvalue weighted by Gasteiger charge is -2.03. The first kappa shape index (κ1) is 10.6. The van der Waals surface area contributed by atoms with Crippen LogP contribution in [0, 0.1) is 0 Å². The molecule has 0 saturated carbocycles. The molecule has 1 rings (SSSR count). The summed E-state index contributed by atoms with van der Waals surface area (Å²) in [6.45, 7) is 4.16. The number of anilines is 1. The van der Waals surface area contributed by atoms with Crippen LogP contribution >= 0.6 is 0 Å². The fraction of sp³-hybridized carbons (Fsp3) is 0.231. The van der Waals surface area contributed by atoms with Gasteiger partial charge in [0.05, 0.1) is 0 Å². The van der Waals surface area contributed by atoms with E-state index in [9.17, 15) is 0 Å². The van der Waals surface area contributed by atoms with Gasteiger partial charge in [-0.3, -0.25) is 0 Å². The van der Waals surface area contributed by atoms with Crippen LogP contribution < -0.4 is 5.73 Å². The molecular weight excluding hydrogens is 170 g/mol. The minimum atomic E-state index is 0.814. The monoisotopic (exact) mass is 187 g/mol. The summed E-state index contributed by atoms with van der Waals surface area (Å²) in [5.74, 6) is 0. The molecule has 0 aliphatic rings. The molecule has 1 heteroatoms. The van der Waals surface area contributed by atoms with Crippen LogP contribution in [-0.2, 0) is 0 Å². The molecule has 0 saturated heterocycles. The molecule has 0 atom stereocenters. The van der Waals surface area contributed by atoms with Gasteiger partial charge < -0.3 is 5.73 Å². The number of nitrogens with two attached hydrogens (primary N) is 1. The number of allylic oxidation sites excluding steroid dienone is 4. The van der Waals surface area contributed by atoms with E-state index in [1.54, 1.807) is 0 Å². The zero-order chi connectivity index (χ0) is 10.4. The van der Waals surface area contributed by atoms with Crippen molar-refractivity contribution < 1.29 is 0 Å². The van der Waals surface area contributed by atoms with Gasteiger partial charge in [0.2, 0.25) is 0 Å². The number of hydrogen-bond donors (Lipinski definition) is 1. The van der Waals surface area contributed by atoms with Crippen molar-refractivity contribution in [3.63, 3.8) is 0 Å².